The molecule has 0 atom stereocenters. The topological polar surface area (TPSA) is 68.2 Å². The van der Waals surface area contributed by atoms with Crippen molar-refractivity contribution in [3.05, 3.63) is 11.7 Å². The molecular formula is C14H27ClN4O. The monoisotopic (exact) mass is 302 g/mol. The van der Waals surface area contributed by atoms with Crippen LogP contribution in [0.2, 0.25) is 0 Å². The molecular weight excluding hydrogens is 276 g/mol. The number of nitrogens with zero attached hydrogens (tertiary/aromatic N) is 3. The van der Waals surface area contributed by atoms with Gasteiger partial charge in [-0.15, -0.1) is 12.4 Å². The minimum Gasteiger partial charge on any atom is -0.338 e. The summed E-state index contributed by atoms with van der Waals surface area (Å²) in [4.78, 5) is 6.76. The van der Waals surface area contributed by atoms with E-state index in [-0.39, 0.29) is 12.4 Å². The molecule has 0 aliphatic heterocycles. The van der Waals surface area contributed by atoms with E-state index in [2.05, 4.69) is 22.0 Å². The van der Waals surface area contributed by atoms with Crippen LogP contribution in [0.3, 0.4) is 0 Å². The smallest absolute Gasteiger partial charge is 0.240 e. The van der Waals surface area contributed by atoms with Crippen molar-refractivity contribution in [2.45, 2.75) is 58.5 Å². The fraction of sp³-hybridized carbons (Fsp3) is 0.857. The van der Waals surface area contributed by atoms with Gasteiger partial charge in [-0.3, -0.25) is 4.90 Å². The molecule has 0 unspecified atom stereocenters. The Labute approximate surface area is 127 Å². The molecule has 0 saturated heterocycles. The van der Waals surface area contributed by atoms with Crippen molar-refractivity contribution in [2.24, 2.45) is 11.7 Å². The van der Waals surface area contributed by atoms with Gasteiger partial charge in [-0.1, -0.05) is 31.3 Å². The Bertz CT molecular complexity index is 366. The predicted molar refractivity (Wildman–Crippen MR) is 81.6 cm³/mol. The second kappa shape index (κ2) is 9.32. The minimum atomic E-state index is 0. The highest BCUT2D eigenvalue weighted by Crippen LogP contribution is 2.24. The molecule has 1 saturated carbocycles. The molecule has 0 radical (unpaired) electrons. The number of hydrogen-bond donors (Lipinski definition) is 1. The van der Waals surface area contributed by atoms with E-state index in [1.54, 1.807) is 0 Å². The third-order valence-corrected chi connectivity index (χ3v) is 3.83. The third-order valence-electron chi connectivity index (χ3n) is 3.83. The molecule has 5 nitrogen and oxygen atoms in total. The summed E-state index contributed by atoms with van der Waals surface area (Å²) < 4.78 is 5.07. The summed E-state index contributed by atoms with van der Waals surface area (Å²) in [6, 6.07) is 0. The van der Waals surface area contributed by atoms with Crippen LogP contribution < -0.4 is 5.73 Å². The Balaban J connectivity index is 0.00000200. The summed E-state index contributed by atoms with van der Waals surface area (Å²) in [5.41, 5.74) is 5.49. The van der Waals surface area contributed by atoms with Crippen LogP contribution >= 0.6 is 12.4 Å². The van der Waals surface area contributed by atoms with Crippen LogP contribution in [0.1, 0.15) is 57.2 Å². The lowest BCUT2D eigenvalue weighted by atomic mass is 9.89. The molecule has 0 amide bonds. The van der Waals surface area contributed by atoms with E-state index in [9.17, 15) is 0 Å². The van der Waals surface area contributed by atoms with Gasteiger partial charge in [0.2, 0.25) is 5.89 Å². The van der Waals surface area contributed by atoms with Crippen LogP contribution in [0.5, 0.6) is 0 Å². The Morgan fingerprint density at radius 2 is 2.05 bits per heavy atom. The van der Waals surface area contributed by atoms with Crippen molar-refractivity contribution in [3.8, 4) is 0 Å². The molecule has 2 N–H and O–H groups in total. The molecule has 2 rings (SSSR count). The second-order valence-corrected chi connectivity index (χ2v) is 5.55. The molecule has 116 valence electrons. The fourth-order valence-corrected chi connectivity index (χ4v) is 2.92. The molecule has 1 aromatic rings. The van der Waals surface area contributed by atoms with E-state index >= 15 is 0 Å². The molecule has 0 bridgehead atoms. The summed E-state index contributed by atoms with van der Waals surface area (Å²) in [5, 5.41) is 3.99. The quantitative estimate of drug-likeness (QED) is 0.839. The van der Waals surface area contributed by atoms with Crippen molar-refractivity contribution in [1.29, 1.82) is 0 Å². The lowest BCUT2D eigenvalue weighted by molar-refractivity contribution is 0.188. The summed E-state index contributed by atoms with van der Waals surface area (Å²) in [6.07, 6.45) is 8.11. The maximum Gasteiger partial charge on any atom is 0.240 e. The molecule has 1 heterocycles. The molecule has 20 heavy (non-hydrogen) atoms. The number of rotatable bonds is 7. The van der Waals surface area contributed by atoms with Gasteiger partial charge in [-0.25, -0.2) is 0 Å². The van der Waals surface area contributed by atoms with E-state index < -0.39 is 0 Å². The van der Waals surface area contributed by atoms with Crippen molar-refractivity contribution in [2.75, 3.05) is 13.1 Å². The maximum absolute atomic E-state index is 5.49. The van der Waals surface area contributed by atoms with E-state index in [1.165, 1.54) is 38.6 Å². The zero-order chi connectivity index (χ0) is 13.5. The van der Waals surface area contributed by atoms with Crippen LogP contribution in [0, 0.1) is 5.92 Å². The molecule has 0 aromatic carbocycles. The molecule has 6 heteroatoms. The first-order valence-corrected chi connectivity index (χ1v) is 7.55. The van der Waals surface area contributed by atoms with Gasteiger partial charge in [0.05, 0.1) is 13.1 Å². The molecule has 1 aliphatic rings. The first-order chi connectivity index (χ1) is 9.31. The van der Waals surface area contributed by atoms with Crippen LogP contribution in [-0.2, 0) is 13.1 Å². The molecule has 1 aromatic heterocycles. The van der Waals surface area contributed by atoms with Gasteiger partial charge in [-0.05, 0) is 31.7 Å². The van der Waals surface area contributed by atoms with Gasteiger partial charge >= 0.3 is 0 Å². The van der Waals surface area contributed by atoms with Gasteiger partial charge in [-0.2, -0.15) is 4.98 Å². The van der Waals surface area contributed by atoms with Crippen molar-refractivity contribution in [3.63, 3.8) is 0 Å². The predicted octanol–water partition coefficient (Wildman–Crippen LogP) is 2.74. The van der Waals surface area contributed by atoms with Crippen LogP contribution in [-0.4, -0.2) is 28.1 Å². The first-order valence-electron chi connectivity index (χ1n) is 7.55. The third kappa shape index (κ3) is 5.38. The Kier molecular flexibility index (Phi) is 8.11. The van der Waals surface area contributed by atoms with Crippen molar-refractivity contribution < 1.29 is 4.52 Å². The Morgan fingerprint density at radius 1 is 1.30 bits per heavy atom. The van der Waals surface area contributed by atoms with Gasteiger partial charge in [0, 0.05) is 6.54 Å². The van der Waals surface area contributed by atoms with Crippen molar-refractivity contribution in [1.82, 2.24) is 15.0 Å². The summed E-state index contributed by atoms with van der Waals surface area (Å²) >= 11 is 0. The zero-order valence-electron chi connectivity index (χ0n) is 12.4. The highest BCUT2D eigenvalue weighted by molar-refractivity contribution is 5.85. The van der Waals surface area contributed by atoms with Crippen LogP contribution in [0.4, 0.5) is 0 Å². The molecule has 0 spiro atoms. The van der Waals surface area contributed by atoms with Crippen LogP contribution in [0.15, 0.2) is 4.52 Å². The average molecular weight is 303 g/mol. The Hall–Kier alpha value is -0.650. The maximum atomic E-state index is 5.49. The normalized spacial score (nSPS) is 16.4. The van der Waals surface area contributed by atoms with E-state index in [1.807, 2.05) is 0 Å². The number of hydrogen-bond acceptors (Lipinski definition) is 5. The fourth-order valence-electron chi connectivity index (χ4n) is 2.92. The summed E-state index contributed by atoms with van der Waals surface area (Å²) in [5.74, 6) is 2.15. The van der Waals surface area contributed by atoms with Gasteiger partial charge in [0.15, 0.2) is 5.82 Å². The van der Waals surface area contributed by atoms with E-state index in [4.69, 9.17) is 10.3 Å². The van der Waals surface area contributed by atoms with Crippen LogP contribution in [0.25, 0.3) is 0 Å². The Morgan fingerprint density at radius 3 is 2.65 bits per heavy atom. The van der Waals surface area contributed by atoms with Crippen molar-refractivity contribution >= 4 is 12.4 Å². The standard InChI is InChI=1S/C14H26N4O.ClH/c1-2-8-18(10-12-6-4-3-5-7-12)11-13-16-14(9-15)19-17-13;/h12H,2-11,15H2,1H3;1H. The lowest BCUT2D eigenvalue weighted by Crippen LogP contribution is -2.31. The van der Waals surface area contributed by atoms with Gasteiger partial charge < -0.3 is 10.3 Å². The van der Waals surface area contributed by atoms with E-state index in [0.717, 1.165) is 31.3 Å². The SMILES string of the molecule is CCCN(Cc1noc(CN)n1)CC1CCCCC1.Cl. The number of halogens is 1. The highest BCUT2D eigenvalue weighted by Gasteiger charge is 2.18. The second-order valence-electron chi connectivity index (χ2n) is 5.55. The average Bonchev–Trinajstić information content (AvgIpc) is 2.88. The lowest BCUT2D eigenvalue weighted by Gasteiger charge is -2.28. The van der Waals surface area contributed by atoms with Gasteiger partial charge in [0.25, 0.3) is 0 Å². The number of nitrogens with two attached hydrogens (primary N) is 1. The van der Waals surface area contributed by atoms with E-state index in [0.29, 0.717) is 12.4 Å². The largest absolute Gasteiger partial charge is 0.338 e. The summed E-state index contributed by atoms with van der Waals surface area (Å²) in [6.45, 7) is 5.59. The summed E-state index contributed by atoms with van der Waals surface area (Å²) in [7, 11) is 0. The first kappa shape index (κ1) is 17.4. The molecule has 1 fully saturated rings. The minimum absolute atomic E-state index is 0. The highest BCUT2D eigenvalue weighted by atomic mass is 35.5. The molecule has 1 aliphatic carbocycles. The zero-order valence-corrected chi connectivity index (χ0v) is 13.2. The van der Waals surface area contributed by atoms with Gasteiger partial charge in [0.1, 0.15) is 0 Å². The number of aromatic nitrogens is 2.